The molecule has 1 heterocycles. The smallest absolute Gasteiger partial charge is 0.175 e. The molecule has 1 fully saturated rings. The van der Waals surface area contributed by atoms with Crippen LogP contribution in [0.15, 0.2) is 12.1 Å². The maximum Gasteiger partial charge on any atom is 0.175 e. The number of rotatable bonds is 2. The molecular formula is C9H10OS. The Balaban J connectivity index is 2.21. The maximum atomic E-state index is 11.4. The highest BCUT2D eigenvalue weighted by molar-refractivity contribution is 7.14. The second-order valence-electron chi connectivity index (χ2n) is 3.05. The highest BCUT2D eigenvalue weighted by Gasteiger charge is 2.30. The second kappa shape index (κ2) is 2.45. The average Bonchev–Trinajstić information content (AvgIpc) is 2.74. The molecule has 0 aromatic carbocycles. The fraction of sp³-hybridized carbons (Fsp3) is 0.444. The van der Waals surface area contributed by atoms with Gasteiger partial charge in [-0.25, -0.2) is 0 Å². The minimum Gasteiger partial charge on any atom is -0.293 e. The van der Waals surface area contributed by atoms with Crippen molar-refractivity contribution < 1.29 is 4.79 Å². The molecule has 1 aliphatic carbocycles. The first-order valence-corrected chi connectivity index (χ1v) is 4.69. The van der Waals surface area contributed by atoms with Crippen LogP contribution < -0.4 is 0 Å². The van der Waals surface area contributed by atoms with E-state index in [2.05, 4.69) is 0 Å². The molecule has 2 rings (SSSR count). The summed E-state index contributed by atoms with van der Waals surface area (Å²) in [7, 11) is 0. The minimum absolute atomic E-state index is 0.364. The number of carbonyl (C=O) groups excluding carboxylic acids is 1. The van der Waals surface area contributed by atoms with Crippen molar-refractivity contribution in [3.8, 4) is 0 Å². The van der Waals surface area contributed by atoms with Crippen LogP contribution in [0.2, 0.25) is 0 Å². The van der Waals surface area contributed by atoms with Gasteiger partial charge in [0.2, 0.25) is 0 Å². The number of aryl methyl sites for hydroxylation is 1. The molecule has 1 saturated carbocycles. The molecule has 0 aliphatic heterocycles. The van der Waals surface area contributed by atoms with E-state index in [1.807, 2.05) is 19.1 Å². The second-order valence-corrected chi connectivity index (χ2v) is 4.34. The van der Waals surface area contributed by atoms with Gasteiger partial charge in [0.05, 0.1) is 4.88 Å². The molecule has 0 bridgehead atoms. The molecule has 0 amide bonds. The van der Waals surface area contributed by atoms with E-state index in [-0.39, 0.29) is 0 Å². The zero-order valence-corrected chi connectivity index (χ0v) is 7.28. The van der Waals surface area contributed by atoms with E-state index in [1.54, 1.807) is 11.3 Å². The zero-order valence-electron chi connectivity index (χ0n) is 6.46. The van der Waals surface area contributed by atoms with Crippen LogP contribution in [0.5, 0.6) is 0 Å². The molecular weight excluding hydrogens is 156 g/mol. The molecule has 0 saturated heterocycles. The predicted octanol–water partition coefficient (Wildman–Crippen LogP) is 2.65. The summed E-state index contributed by atoms with van der Waals surface area (Å²) < 4.78 is 0. The number of Topliss-reactive ketones (excluding diaryl/α,β-unsaturated/α-hetero) is 1. The standard InChI is InChI=1S/C9H10OS/c1-6-2-5-8(11-6)9(10)7-3-4-7/h2,5,7H,3-4H2,1H3. The molecule has 58 valence electrons. The number of hydrogen-bond donors (Lipinski definition) is 0. The third-order valence-electron chi connectivity index (χ3n) is 1.93. The van der Waals surface area contributed by atoms with E-state index in [9.17, 15) is 4.79 Å². The van der Waals surface area contributed by atoms with Gasteiger partial charge in [-0.1, -0.05) is 0 Å². The highest BCUT2D eigenvalue weighted by Crippen LogP contribution is 2.34. The largest absolute Gasteiger partial charge is 0.293 e. The van der Waals surface area contributed by atoms with Gasteiger partial charge in [-0.05, 0) is 31.9 Å². The van der Waals surface area contributed by atoms with Crippen molar-refractivity contribution in [3.05, 3.63) is 21.9 Å². The topological polar surface area (TPSA) is 17.1 Å². The molecule has 0 radical (unpaired) electrons. The molecule has 0 N–H and O–H groups in total. The van der Waals surface area contributed by atoms with Crippen molar-refractivity contribution in [1.82, 2.24) is 0 Å². The van der Waals surface area contributed by atoms with Crippen LogP contribution in [-0.2, 0) is 0 Å². The summed E-state index contributed by atoms with van der Waals surface area (Å²) in [4.78, 5) is 13.6. The lowest BCUT2D eigenvalue weighted by atomic mass is 10.2. The van der Waals surface area contributed by atoms with Crippen LogP contribution in [0.3, 0.4) is 0 Å². The third kappa shape index (κ3) is 1.36. The van der Waals surface area contributed by atoms with Crippen LogP contribution in [0, 0.1) is 12.8 Å². The molecule has 0 unspecified atom stereocenters. The van der Waals surface area contributed by atoms with Crippen molar-refractivity contribution in [2.75, 3.05) is 0 Å². The first-order chi connectivity index (χ1) is 5.27. The monoisotopic (exact) mass is 166 g/mol. The lowest BCUT2D eigenvalue weighted by Gasteiger charge is -1.89. The Morgan fingerprint density at radius 3 is 2.73 bits per heavy atom. The van der Waals surface area contributed by atoms with Crippen LogP contribution in [0.4, 0.5) is 0 Å². The van der Waals surface area contributed by atoms with Crippen molar-refractivity contribution >= 4 is 17.1 Å². The van der Waals surface area contributed by atoms with Crippen LogP contribution >= 0.6 is 11.3 Å². The molecule has 2 heteroatoms. The summed E-state index contributed by atoms with van der Waals surface area (Å²) in [5.41, 5.74) is 0. The van der Waals surface area contributed by atoms with E-state index >= 15 is 0 Å². The molecule has 1 aromatic heterocycles. The summed E-state index contributed by atoms with van der Waals surface area (Å²) in [6.45, 7) is 2.04. The predicted molar refractivity (Wildman–Crippen MR) is 46.1 cm³/mol. The number of ketones is 1. The molecule has 11 heavy (non-hydrogen) atoms. The summed E-state index contributed by atoms with van der Waals surface area (Å²) in [5, 5.41) is 0. The van der Waals surface area contributed by atoms with E-state index in [4.69, 9.17) is 0 Å². The van der Waals surface area contributed by atoms with Crippen molar-refractivity contribution in [1.29, 1.82) is 0 Å². The Hall–Kier alpha value is -0.630. The SMILES string of the molecule is Cc1ccc(C(=O)C2CC2)s1. The average molecular weight is 166 g/mol. The van der Waals surface area contributed by atoms with Crippen LogP contribution in [0.25, 0.3) is 0 Å². The molecule has 0 atom stereocenters. The van der Waals surface area contributed by atoms with E-state index in [1.165, 1.54) is 4.88 Å². The Bertz CT molecular complexity index is 284. The quantitative estimate of drug-likeness (QED) is 0.617. The Kier molecular flexibility index (Phi) is 1.57. The Morgan fingerprint density at radius 2 is 2.27 bits per heavy atom. The van der Waals surface area contributed by atoms with E-state index in [0.29, 0.717) is 11.7 Å². The van der Waals surface area contributed by atoms with Gasteiger partial charge in [0.1, 0.15) is 0 Å². The number of carbonyl (C=O) groups is 1. The lowest BCUT2D eigenvalue weighted by molar-refractivity contribution is 0.0971. The van der Waals surface area contributed by atoms with Gasteiger partial charge in [0.25, 0.3) is 0 Å². The van der Waals surface area contributed by atoms with Crippen molar-refractivity contribution in [3.63, 3.8) is 0 Å². The lowest BCUT2D eigenvalue weighted by Crippen LogP contribution is -1.96. The number of thiophene rings is 1. The molecule has 1 nitrogen and oxygen atoms in total. The van der Waals surface area contributed by atoms with Crippen LogP contribution in [0.1, 0.15) is 27.4 Å². The van der Waals surface area contributed by atoms with Gasteiger partial charge < -0.3 is 0 Å². The number of hydrogen-bond acceptors (Lipinski definition) is 2. The summed E-state index contributed by atoms with van der Waals surface area (Å²) in [6, 6.07) is 3.96. The summed E-state index contributed by atoms with van der Waals surface area (Å²) >= 11 is 1.61. The third-order valence-corrected chi connectivity index (χ3v) is 2.95. The summed E-state index contributed by atoms with van der Waals surface area (Å²) in [5.74, 6) is 0.733. The van der Waals surface area contributed by atoms with E-state index < -0.39 is 0 Å². The fourth-order valence-electron chi connectivity index (χ4n) is 1.11. The first-order valence-electron chi connectivity index (χ1n) is 3.88. The van der Waals surface area contributed by atoms with Gasteiger partial charge in [-0.3, -0.25) is 4.79 Å². The van der Waals surface area contributed by atoms with Gasteiger partial charge in [0, 0.05) is 10.8 Å². The Labute approximate surface area is 70.1 Å². The highest BCUT2D eigenvalue weighted by atomic mass is 32.1. The van der Waals surface area contributed by atoms with Gasteiger partial charge >= 0.3 is 0 Å². The van der Waals surface area contributed by atoms with Gasteiger partial charge in [-0.15, -0.1) is 11.3 Å². The van der Waals surface area contributed by atoms with Gasteiger partial charge in [-0.2, -0.15) is 0 Å². The summed E-state index contributed by atoms with van der Waals surface area (Å²) in [6.07, 6.45) is 2.21. The van der Waals surface area contributed by atoms with E-state index in [0.717, 1.165) is 17.7 Å². The van der Waals surface area contributed by atoms with Crippen molar-refractivity contribution in [2.24, 2.45) is 5.92 Å². The molecule has 1 aliphatic rings. The minimum atomic E-state index is 0.364. The fourth-order valence-corrected chi connectivity index (χ4v) is 2.00. The molecule has 0 spiro atoms. The molecule has 1 aromatic rings. The normalized spacial score (nSPS) is 16.8. The zero-order chi connectivity index (χ0) is 7.84. The Morgan fingerprint density at radius 1 is 1.55 bits per heavy atom. The van der Waals surface area contributed by atoms with Gasteiger partial charge in [0.15, 0.2) is 5.78 Å². The first kappa shape index (κ1) is 7.04. The maximum absolute atomic E-state index is 11.4. The van der Waals surface area contributed by atoms with Crippen molar-refractivity contribution in [2.45, 2.75) is 19.8 Å². The van der Waals surface area contributed by atoms with Crippen LogP contribution in [-0.4, -0.2) is 5.78 Å².